The third-order valence-electron chi connectivity index (χ3n) is 2.25. The molecule has 0 saturated heterocycles. The van der Waals surface area contributed by atoms with Gasteiger partial charge in [-0.1, -0.05) is 12.1 Å². The number of hydrogen-bond donors (Lipinski definition) is 1. The normalized spacial score (nSPS) is 12.9. The third-order valence-corrected chi connectivity index (χ3v) is 2.25. The predicted octanol–water partition coefficient (Wildman–Crippen LogP) is 2.41. The SMILES string of the molecule is Cc1c(F)cccc1CCC(C)N. The van der Waals surface area contributed by atoms with Crippen LogP contribution in [0.15, 0.2) is 18.2 Å². The Morgan fingerprint density at radius 3 is 2.77 bits per heavy atom. The summed E-state index contributed by atoms with van der Waals surface area (Å²) in [6.45, 7) is 3.78. The molecule has 72 valence electrons. The summed E-state index contributed by atoms with van der Waals surface area (Å²) in [4.78, 5) is 0. The van der Waals surface area contributed by atoms with Gasteiger partial charge in [-0.3, -0.25) is 0 Å². The lowest BCUT2D eigenvalue weighted by atomic mass is 10.0. The highest BCUT2D eigenvalue weighted by Gasteiger charge is 2.03. The molecule has 2 heteroatoms. The van der Waals surface area contributed by atoms with Gasteiger partial charge in [0.25, 0.3) is 0 Å². The molecule has 0 radical (unpaired) electrons. The summed E-state index contributed by atoms with van der Waals surface area (Å²) in [5.41, 5.74) is 7.45. The average molecular weight is 181 g/mol. The van der Waals surface area contributed by atoms with Crippen LogP contribution < -0.4 is 5.73 Å². The Morgan fingerprint density at radius 2 is 2.15 bits per heavy atom. The minimum atomic E-state index is -0.123. The van der Waals surface area contributed by atoms with Crippen molar-refractivity contribution in [3.05, 3.63) is 35.1 Å². The van der Waals surface area contributed by atoms with Crippen LogP contribution in [0.1, 0.15) is 24.5 Å². The molecule has 2 N–H and O–H groups in total. The molecule has 1 unspecified atom stereocenters. The molecule has 0 heterocycles. The van der Waals surface area contributed by atoms with E-state index in [0.717, 1.165) is 24.0 Å². The number of aryl methyl sites for hydroxylation is 1. The van der Waals surface area contributed by atoms with E-state index in [0.29, 0.717) is 0 Å². The van der Waals surface area contributed by atoms with Crippen molar-refractivity contribution in [2.75, 3.05) is 0 Å². The van der Waals surface area contributed by atoms with Crippen LogP contribution in [-0.4, -0.2) is 6.04 Å². The smallest absolute Gasteiger partial charge is 0.126 e. The first kappa shape index (κ1) is 10.2. The zero-order chi connectivity index (χ0) is 9.84. The maximum Gasteiger partial charge on any atom is 0.126 e. The minimum absolute atomic E-state index is 0.123. The van der Waals surface area contributed by atoms with E-state index >= 15 is 0 Å². The first-order valence-corrected chi connectivity index (χ1v) is 4.61. The first-order chi connectivity index (χ1) is 6.11. The molecule has 1 aromatic rings. The van der Waals surface area contributed by atoms with Gasteiger partial charge in [0.05, 0.1) is 0 Å². The number of halogens is 1. The monoisotopic (exact) mass is 181 g/mol. The predicted molar refractivity (Wildman–Crippen MR) is 53.1 cm³/mol. The topological polar surface area (TPSA) is 26.0 Å². The van der Waals surface area contributed by atoms with Crippen LogP contribution in [0, 0.1) is 12.7 Å². The number of benzene rings is 1. The largest absolute Gasteiger partial charge is 0.328 e. The van der Waals surface area contributed by atoms with Crippen molar-refractivity contribution in [2.45, 2.75) is 32.7 Å². The van der Waals surface area contributed by atoms with Crippen LogP contribution in [0.4, 0.5) is 4.39 Å². The highest BCUT2D eigenvalue weighted by atomic mass is 19.1. The van der Waals surface area contributed by atoms with Crippen molar-refractivity contribution in [3.8, 4) is 0 Å². The van der Waals surface area contributed by atoms with Gasteiger partial charge >= 0.3 is 0 Å². The first-order valence-electron chi connectivity index (χ1n) is 4.61. The van der Waals surface area contributed by atoms with Crippen LogP contribution in [-0.2, 0) is 6.42 Å². The Hall–Kier alpha value is -0.890. The summed E-state index contributed by atoms with van der Waals surface area (Å²) in [6.07, 6.45) is 1.77. The van der Waals surface area contributed by atoms with E-state index in [2.05, 4.69) is 0 Å². The van der Waals surface area contributed by atoms with Gasteiger partial charge in [-0.2, -0.15) is 0 Å². The fourth-order valence-electron chi connectivity index (χ4n) is 1.31. The second-order valence-electron chi connectivity index (χ2n) is 3.54. The Kier molecular flexibility index (Phi) is 3.43. The Morgan fingerprint density at radius 1 is 1.46 bits per heavy atom. The molecule has 0 fully saturated rings. The highest BCUT2D eigenvalue weighted by Crippen LogP contribution is 2.14. The lowest BCUT2D eigenvalue weighted by Crippen LogP contribution is -2.15. The van der Waals surface area contributed by atoms with Gasteiger partial charge in [-0.05, 0) is 43.9 Å². The van der Waals surface area contributed by atoms with Crippen LogP contribution >= 0.6 is 0 Å². The molecule has 1 aromatic carbocycles. The standard InChI is InChI=1S/C11H16FN/c1-8(13)6-7-10-4-3-5-11(12)9(10)2/h3-5,8H,6-7,13H2,1-2H3. The van der Waals surface area contributed by atoms with E-state index in [4.69, 9.17) is 5.73 Å². The van der Waals surface area contributed by atoms with Crippen molar-refractivity contribution in [2.24, 2.45) is 5.73 Å². The average Bonchev–Trinajstić information content (AvgIpc) is 2.07. The van der Waals surface area contributed by atoms with Gasteiger partial charge in [0.2, 0.25) is 0 Å². The summed E-state index contributed by atoms with van der Waals surface area (Å²) >= 11 is 0. The van der Waals surface area contributed by atoms with E-state index in [1.807, 2.05) is 19.9 Å². The van der Waals surface area contributed by atoms with Gasteiger partial charge < -0.3 is 5.73 Å². The van der Waals surface area contributed by atoms with Gasteiger partial charge in [-0.15, -0.1) is 0 Å². The van der Waals surface area contributed by atoms with Crippen LogP contribution in [0.5, 0.6) is 0 Å². The molecule has 1 atom stereocenters. The molecular weight excluding hydrogens is 165 g/mol. The highest BCUT2D eigenvalue weighted by molar-refractivity contribution is 5.27. The molecule has 1 nitrogen and oxygen atoms in total. The summed E-state index contributed by atoms with van der Waals surface area (Å²) in [5.74, 6) is -0.123. The lowest BCUT2D eigenvalue weighted by molar-refractivity contribution is 0.609. The zero-order valence-corrected chi connectivity index (χ0v) is 8.18. The maximum atomic E-state index is 13.1. The third kappa shape index (κ3) is 2.81. The number of hydrogen-bond acceptors (Lipinski definition) is 1. The van der Waals surface area contributed by atoms with Crippen molar-refractivity contribution in [1.82, 2.24) is 0 Å². The molecule has 1 rings (SSSR count). The molecule has 0 aliphatic rings. The molecule has 0 spiro atoms. The van der Waals surface area contributed by atoms with Gasteiger partial charge in [0.15, 0.2) is 0 Å². The molecule has 0 aliphatic carbocycles. The minimum Gasteiger partial charge on any atom is -0.328 e. The van der Waals surface area contributed by atoms with E-state index in [1.165, 1.54) is 6.07 Å². The molecule has 0 aromatic heterocycles. The Bertz CT molecular complexity index is 281. The van der Waals surface area contributed by atoms with Crippen molar-refractivity contribution >= 4 is 0 Å². The molecule has 13 heavy (non-hydrogen) atoms. The molecular formula is C11H16FN. The molecule has 0 bridgehead atoms. The lowest BCUT2D eigenvalue weighted by Gasteiger charge is -2.08. The van der Waals surface area contributed by atoms with E-state index in [1.54, 1.807) is 6.07 Å². The van der Waals surface area contributed by atoms with Crippen molar-refractivity contribution < 1.29 is 4.39 Å². The summed E-state index contributed by atoms with van der Waals surface area (Å²) in [5, 5.41) is 0. The summed E-state index contributed by atoms with van der Waals surface area (Å²) in [6, 6.07) is 5.38. The second-order valence-corrected chi connectivity index (χ2v) is 3.54. The quantitative estimate of drug-likeness (QED) is 0.761. The fraction of sp³-hybridized carbons (Fsp3) is 0.455. The van der Waals surface area contributed by atoms with Crippen molar-refractivity contribution in [1.29, 1.82) is 0 Å². The van der Waals surface area contributed by atoms with Gasteiger partial charge in [0, 0.05) is 6.04 Å². The summed E-state index contributed by atoms with van der Waals surface area (Å²) in [7, 11) is 0. The zero-order valence-electron chi connectivity index (χ0n) is 8.18. The molecule has 0 aliphatic heterocycles. The summed E-state index contributed by atoms with van der Waals surface area (Å²) < 4.78 is 13.1. The number of nitrogens with two attached hydrogens (primary N) is 1. The molecule has 0 saturated carbocycles. The van der Waals surface area contributed by atoms with Crippen molar-refractivity contribution in [3.63, 3.8) is 0 Å². The number of rotatable bonds is 3. The second kappa shape index (κ2) is 4.38. The van der Waals surface area contributed by atoms with Crippen LogP contribution in [0.2, 0.25) is 0 Å². The Balaban J connectivity index is 2.71. The van der Waals surface area contributed by atoms with Gasteiger partial charge in [0.1, 0.15) is 5.82 Å². The van der Waals surface area contributed by atoms with Crippen LogP contribution in [0.3, 0.4) is 0 Å². The van der Waals surface area contributed by atoms with E-state index < -0.39 is 0 Å². The van der Waals surface area contributed by atoms with E-state index in [-0.39, 0.29) is 11.9 Å². The Labute approximate surface area is 78.8 Å². The van der Waals surface area contributed by atoms with Gasteiger partial charge in [-0.25, -0.2) is 4.39 Å². The maximum absolute atomic E-state index is 13.1. The molecule has 0 amide bonds. The fourth-order valence-corrected chi connectivity index (χ4v) is 1.31. The van der Waals surface area contributed by atoms with Crippen LogP contribution in [0.25, 0.3) is 0 Å². The van der Waals surface area contributed by atoms with E-state index in [9.17, 15) is 4.39 Å².